The van der Waals surface area contributed by atoms with Gasteiger partial charge in [0.25, 0.3) is 0 Å². The number of aryl methyl sites for hydroxylation is 1. The summed E-state index contributed by atoms with van der Waals surface area (Å²) in [5.74, 6) is 0.149. The van der Waals surface area contributed by atoms with Crippen molar-refractivity contribution in [2.75, 3.05) is 39.2 Å². The maximum atomic E-state index is 13.5. The average molecular weight is 448 g/mol. The van der Waals surface area contributed by atoms with Crippen molar-refractivity contribution >= 4 is 34.5 Å². The molecule has 1 aliphatic heterocycles. The van der Waals surface area contributed by atoms with Gasteiger partial charge < -0.3 is 24.3 Å². The number of nitrogens with zero attached hydrogens (tertiary/aromatic N) is 2. The zero-order valence-electron chi connectivity index (χ0n) is 18.8. The first kappa shape index (κ1) is 23.6. The molecule has 0 saturated heterocycles. The minimum Gasteiger partial charge on any atom is -0.385 e. The number of amides is 2. The van der Waals surface area contributed by atoms with E-state index < -0.39 is 6.04 Å². The molecule has 3 rings (SSSR count). The van der Waals surface area contributed by atoms with Crippen LogP contribution >= 0.6 is 11.8 Å². The molecular formula is C23H33N3O4S. The van der Waals surface area contributed by atoms with Crippen molar-refractivity contribution in [1.82, 2.24) is 14.8 Å². The van der Waals surface area contributed by atoms with E-state index in [0.717, 1.165) is 27.9 Å². The molecule has 0 aliphatic carbocycles. The number of benzene rings is 1. The van der Waals surface area contributed by atoms with Crippen LogP contribution in [0.5, 0.6) is 0 Å². The van der Waals surface area contributed by atoms with Gasteiger partial charge in [0.05, 0.1) is 16.9 Å². The molecule has 1 N–H and O–H groups in total. The van der Waals surface area contributed by atoms with Gasteiger partial charge in [-0.25, -0.2) is 0 Å². The van der Waals surface area contributed by atoms with E-state index in [-0.39, 0.29) is 17.9 Å². The van der Waals surface area contributed by atoms with Crippen LogP contribution in [0.3, 0.4) is 0 Å². The molecular weight excluding hydrogens is 414 g/mol. The fourth-order valence-corrected chi connectivity index (χ4v) is 5.05. The fourth-order valence-electron chi connectivity index (χ4n) is 3.96. The summed E-state index contributed by atoms with van der Waals surface area (Å²) < 4.78 is 12.9. The van der Waals surface area contributed by atoms with E-state index in [4.69, 9.17) is 9.47 Å². The number of methoxy groups -OCH3 is 1. The molecule has 1 atom stereocenters. The summed E-state index contributed by atoms with van der Waals surface area (Å²) in [6, 6.07) is 7.41. The van der Waals surface area contributed by atoms with Gasteiger partial charge in [0.15, 0.2) is 0 Å². The summed E-state index contributed by atoms with van der Waals surface area (Å²) in [6.07, 6.45) is 1.58. The highest BCUT2D eigenvalue weighted by atomic mass is 32.2. The number of nitrogens with one attached hydrogen (secondary N) is 1. The first-order valence-corrected chi connectivity index (χ1v) is 11.8. The highest BCUT2D eigenvalue weighted by Crippen LogP contribution is 2.41. The summed E-state index contributed by atoms with van der Waals surface area (Å²) in [6.45, 7) is 6.11. The van der Waals surface area contributed by atoms with Crippen molar-refractivity contribution in [3.8, 4) is 0 Å². The summed E-state index contributed by atoms with van der Waals surface area (Å²) in [4.78, 5) is 28.2. The first-order chi connectivity index (χ1) is 15.0. The van der Waals surface area contributed by atoms with Crippen LogP contribution in [0, 0.1) is 0 Å². The Hall–Kier alpha value is -2.03. The summed E-state index contributed by atoms with van der Waals surface area (Å²) in [5.41, 5.74) is 1.98. The van der Waals surface area contributed by atoms with Crippen LogP contribution in [0.15, 0.2) is 29.3 Å². The van der Waals surface area contributed by atoms with Crippen molar-refractivity contribution in [3.63, 3.8) is 0 Å². The number of ether oxygens (including phenoxy) is 2. The van der Waals surface area contributed by atoms with Crippen molar-refractivity contribution in [2.45, 2.75) is 43.9 Å². The standard InChI is InChI=1S/C23H33N3O4S/c1-16(2)30-14-7-11-24-22(28)21-20-17-9-5-6-10-18(17)25(3)23(20)31-15-19(27)26(21)12-8-13-29-4/h5-6,9-10,16,21H,7-8,11-15H2,1-4H3,(H,24,28). The lowest BCUT2D eigenvalue weighted by atomic mass is 10.0. The van der Waals surface area contributed by atoms with E-state index in [1.54, 1.807) is 12.0 Å². The van der Waals surface area contributed by atoms with E-state index in [9.17, 15) is 9.59 Å². The van der Waals surface area contributed by atoms with E-state index in [0.29, 0.717) is 38.5 Å². The number of para-hydroxylation sites is 1. The highest BCUT2D eigenvalue weighted by molar-refractivity contribution is 8.00. The van der Waals surface area contributed by atoms with Crippen LogP contribution in [0.1, 0.15) is 38.3 Å². The Morgan fingerprint density at radius 1 is 1.26 bits per heavy atom. The maximum absolute atomic E-state index is 13.5. The molecule has 170 valence electrons. The van der Waals surface area contributed by atoms with Crippen LogP contribution in [0.25, 0.3) is 10.9 Å². The van der Waals surface area contributed by atoms with E-state index in [1.807, 2.05) is 39.1 Å². The summed E-state index contributed by atoms with van der Waals surface area (Å²) in [7, 11) is 3.64. The Labute approximate surface area is 188 Å². The lowest BCUT2D eigenvalue weighted by Crippen LogP contribution is -2.44. The monoisotopic (exact) mass is 447 g/mol. The Kier molecular flexibility index (Phi) is 8.40. The second kappa shape index (κ2) is 11.0. The van der Waals surface area contributed by atoms with E-state index in [1.165, 1.54) is 11.8 Å². The predicted molar refractivity (Wildman–Crippen MR) is 123 cm³/mol. The third kappa shape index (κ3) is 5.42. The molecule has 2 heterocycles. The number of fused-ring (bicyclic) bond motifs is 3. The van der Waals surface area contributed by atoms with Crippen molar-refractivity contribution in [3.05, 3.63) is 29.8 Å². The number of thioether (sulfide) groups is 1. The van der Waals surface area contributed by atoms with Gasteiger partial charge in [-0.3, -0.25) is 9.59 Å². The SMILES string of the molecule is COCCCN1C(=O)CSc2c(c3ccccc3n2C)C1C(=O)NCCCOC(C)C. The number of hydrogen-bond donors (Lipinski definition) is 1. The molecule has 0 bridgehead atoms. The Morgan fingerprint density at radius 3 is 2.77 bits per heavy atom. The molecule has 0 spiro atoms. The predicted octanol–water partition coefficient (Wildman–Crippen LogP) is 3.12. The Balaban J connectivity index is 1.92. The number of carbonyl (C=O) groups is 2. The largest absolute Gasteiger partial charge is 0.385 e. The molecule has 0 radical (unpaired) electrons. The van der Waals surface area contributed by atoms with E-state index in [2.05, 4.69) is 16.0 Å². The van der Waals surface area contributed by atoms with Gasteiger partial charge in [-0.2, -0.15) is 0 Å². The molecule has 0 saturated carbocycles. The molecule has 1 aromatic heterocycles. The van der Waals surface area contributed by atoms with Gasteiger partial charge in [0.2, 0.25) is 11.8 Å². The van der Waals surface area contributed by atoms with Gasteiger partial charge in [0, 0.05) is 56.9 Å². The van der Waals surface area contributed by atoms with Crippen molar-refractivity contribution in [2.24, 2.45) is 7.05 Å². The smallest absolute Gasteiger partial charge is 0.247 e. The molecule has 2 aromatic rings. The molecule has 7 nitrogen and oxygen atoms in total. The normalized spacial score (nSPS) is 16.6. The molecule has 1 unspecified atom stereocenters. The van der Waals surface area contributed by atoms with Crippen LogP contribution in [-0.2, 0) is 26.1 Å². The van der Waals surface area contributed by atoms with Crippen molar-refractivity contribution in [1.29, 1.82) is 0 Å². The van der Waals surface area contributed by atoms with Gasteiger partial charge in [-0.05, 0) is 32.8 Å². The van der Waals surface area contributed by atoms with Crippen LogP contribution in [0.4, 0.5) is 0 Å². The summed E-state index contributed by atoms with van der Waals surface area (Å²) >= 11 is 1.51. The second-order valence-corrected chi connectivity index (χ2v) is 8.95. The van der Waals surface area contributed by atoms with Gasteiger partial charge in [0.1, 0.15) is 6.04 Å². The van der Waals surface area contributed by atoms with E-state index >= 15 is 0 Å². The molecule has 0 fully saturated rings. The zero-order chi connectivity index (χ0) is 22.4. The molecule has 2 amide bonds. The van der Waals surface area contributed by atoms with Gasteiger partial charge in [-0.15, -0.1) is 0 Å². The molecule has 1 aliphatic rings. The topological polar surface area (TPSA) is 72.8 Å². The first-order valence-electron chi connectivity index (χ1n) is 10.8. The zero-order valence-corrected chi connectivity index (χ0v) is 19.7. The minimum atomic E-state index is -0.661. The highest BCUT2D eigenvalue weighted by Gasteiger charge is 2.38. The van der Waals surface area contributed by atoms with Crippen molar-refractivity contribution < 1.29 is 19.1 Å². The third-order valence-corrected chi connectivity index (χ3v) is 6.55. The van der Waals surface area contributed by atoms with Crippen LogP contribution < -0.4 is 5.32 Å². The number of rotatable bonds is 10. The second-order valence-electron chi connectivity index (χ2n) is 7.98. The maximum Gasteiger partial charge on any atom is 0.247 e. The van der Waals surface area contributed by atoms with Crippen LogP contribution in [0.2, 0.25) is 0 Å². The number of carbonyl (C=O) groups excluding carboxylic acids is 2. The molecule has 8 heteroatoms. The lowest BCUT2D eigenvalue weighted by molar-refractivity contribution is -0.139. The van der Waals surface area contributed by atoms with Gasteiger partial charge in [-0.1, -0.05) is 30.0 Å². The average Bonchev–Trinajstić information content (AvgIpc) is 2.93. The Bertz CT molecular complexity index is 912. The lowest BCUT2D eigenvalue weighted by Gasteiger charge is -2.29. The summed E-state index contributed by atoms with van der Waals surface area (Å²) in [5, 5.41) is 5.04. The minimum absolute atomic E-state index is 0.0234. The molecule has 1 aromatic carbocycles. The van der Waals surface area contributed by atoms with Gasteiger partial charge >= 0.3 is 0 Å². The third-order valence-electron chi connectivity index (χ3n) is 5.40. The number of hydrogen-bond acceptors (Lipinski definition) is 5. The fraction of sp³-hybridized carbons (Fsp3) is 0.565. The van der Waals surface area contributed by atoms with Crippen LogP contribution in [-0.4, -0.2) is 66.6 Å². The quantitative estimate of drug-likeness (QED) is 0.567. The Morgan fingerprint density at radius 2 is 2.03 bits per heavy atom. The number of aromatic nitrogens is 1. The molecule has 31 heavy (non-hydrogen) atoms.